The summed E-state index contributed by atoms with van der Waals surface area (Å²) in [5.74, 6) is -2.44. The molecule has 154 valence electrons. The van der Waals surface area contributed by atoms with Crippen molar-refractivity contribution in [1.82, 2.24) is 9.88 Å². The second-order valence-electron chi connectivity index (χ2n) is 6.93. The van der Waals surface area contributed by atoms with Gasteiger partial charge in [0.15, 0.2) is 5.13 Å². The van der Waals surface area contributed by atoms with Crippen LogP contribution in [0.4, 0.5) is 13.9 Å². The van der Waals surface area contributed by atoms with Crippen LogP contribution in [0.15, 0.2) is 30.3 Å². The average Bonchev–Trinajstić information content (AvgIpc) is 3.12. The quantitative estimate of drug-likeness (QED) is 0.531. The summed E-state index contributed by atoms with van der Waals surface area (Å²) in [5.41, 5.74) is 2.42. The third-order valence-corrected chi connectivity index (χ3v) is 6.30. The lowest BCUT2D eigenvalue weighted by molar-refractivity contribution is 0.0975. The number of carbonyl (C=O) groups excluding carboxylic acids is 1. The molecule has 0 radical (unpaired) electrons. The van der Waals surface area contributed by atoms with E-state index in [1.54, 1.807) is 0 Å². The molecule has 0 unspecified atom stereocenters. The van der Waals surface area contributed by atoms with Gasteiger partial charge in [-0.1, -0.05) is 37.3 Å². The molecule has 0 saturated carbocycles. The van der Waals surface area contributed by atoms with Crippen molar-refractivity contribution in [3.63, 3.8) is 0 Å². The van der Waals surface area contributed by atoms with E-state index in [-0.39, 0.29) is 0 Å². The molecule has 7 heteroatoms. The zero-order valence-electron chi connectivity index (χ0n) is 17.1. The number of likely N-dealkylation sites (N-methyl/N-ethyl adjacent to an activating group) is 1. The molecule has 0 spiro atoms. The number of hydrogen-bond acceptors (Lipinski definition) is 4. The van der Waals surface area contributed by atoms with Crippen LogP contribution in [-0.4, -0.2) is 42.0 Å². The molecule has 0 N–H and O–H groups in total. The van der Waals surface area contributed by atoms with E-state index in [2.05, 4.69) is 9.88 Å². The number of rotatable bonds is 7. The second-order valence-corrected chi connectivity index (χ2v) is 7.94. The summed E-state index contributed by atoms with van der Waals surface area (Å²) in [7, 11) is 0. The minimum atomic E-state index is -0.865. The first kappa shape index (κ1) is 21.3. The predicted molar refractivity (Wildman–Crippen MR) is 115 cm³/mol. The maximum Gasteiger partial charge on any atom is 0.266 e. The maximum atomic E-state index is 14.3. The van der Waals surface area contributed by atoms with Gasteiger partial charge in [0.05, 0.1) is 10.2 Å². The topological polar surface area (TPSA) is 36.4 Å². The van der Waals surface area contributed by atoms with Crippen molar-refractivity contribution in [2.75, 3.05) is 31.1 Å². The zero-order valence-corrected chi connectivity index (χ0v) is 17.9. The molecule has 1 aromatic heterocycles. The number of halogens is 2. The standard InChI is InChI=1S/C22H25F2N3OS/c1-5-26(6-2)12-13-27(21(28)19-16(23)8-7-9-17(19)24)22-25-20-15(4)14(3)10-11-18(20)29-22/h7-11H,5-6,12-13H2,1-4H3. The highest BCUT2D eigenvalue weighted by Crippen LogP contribution is 2.33. The number of anilines is 1. The van der Waals surface area contributed by atoms with Gasteiger partial charge in [-0.2, -0.15) is 0 Å². The Balaban J connectivity index is 2.05. The zero-order chi connectivity index (χ0) is 21.1. The van der Waals surface area contributed by atoms with Gasteiger partial charge in [0.1, 0.15) is 17.2 Å². The van der Waals surface area contributed by atoms with Gasteiger partial charge in [-0.3, -0.25) is 9.69 Å². The summed E-state index contributed by atoms with van der Waals surface area (Å²) < 4.78 is 29.6. The lowest BCUT2D eigenvalue weighted by Crippen LogP contribution is -2.39. The van der Waals surface area contributed by atoms with E-state index < -0.39 is 23.1 Å². The summed E-state index contributed by atoms with van der Waals surface area (Å²) in [6.45, 7) is 10.6. The predicted octanol–water partition coefficient (Wildman–Crippen LogP) is 5.18. The molecule has 29 heavy (non-hydrogen) atoms. The van der Waals surface area contributed by atoms with E-state index in [0.29, 0.717) is 18.2 Å². The van der Waals surface area contributed by atoms with Crippen molar-refractivity contribution < 1.29 is 13.6 Å². The Hall–Kier alpha value is -2.38. The van der Waals surface area contributed by atoms with Gasteiger partial charge in [-0.15, -0.1) is 0 Å². The van der Waals surface area contributed by atoms with Gasteiger partial charge in [0.25, 0.3) is 5.91 Å². The second kappa shape index (κ2) is 8.97. The van der Waals surface area contributed by atoms with E-state index in [1.807, 2.05) is 39.8 Å². The Morgan fingerprint density at radius 2 is 1.69 bits per heavy atom. The summed E-state index contributed by atoms with van der Waals surface area (Å²) in [5, 5.41) is 0.452. The van der Waals surface area contributed by atoms with Crippen LogP contribution >= 0.6 is 11.3 Å². The lowest BCUT2D eigenvalue weighted by atomic mass is 10.1. The van der Waals surface area contributed by atoms with E-state index in [1.165, 1.54) is 22.3 Å². The molecule has 0 aliphatic rings. The fraction of sp³-hybridized carbons (Fsp3) is 0.364. The van der Waals surface area contributed by atoms with Crippen LogP contribution in [0.2, 0.25) is 0 Å². The van der Waals surface area contributed by atoms with Crippen LogP contribution in [0.25, 0.3) is 10.2 Å². The summed E-state index contributed by atoms with van der Waals surface area (Å²) >= 11 is 1.36. The molecule has 2 aromatic carbocycles. The van der Waals surface area contributed by atoms with Crippen LogP contribution in [0, 0.1) is 25.5 Å². The Bertz CT molecular complexity index is 1010. The van der Waals surface area contributed by atoms with Gasteiger partial charge < -0.3 is 4.90 Å². The molecule has 0 bridgehead atoms. The van der Waals surface area contributed by atoms with Gasteiger partial charge in [0.2, 0.25) is 0 Å². The number of amides is 1. The Kier molecular flexibility index (Phi) is 6.59. The van der Waals surface area contributed by atoms with Crippen LogP contribution in [0.1, 0.15) is 35.3 Å². The van der Waals surface area contributed by atoms with Crippen LogP contribution in [0.3, 0.4) is 0 Å². The number of carbonyl (C=O) groups is 1. The number of benzene rings is 2. The Morgan fingerprint density at radius 3 is 2.31 bits per heavy atom. The molecule has 0 aliphatic heterocycles. The molecular formula is C22H25F2N3OS. The van der Waals surface area contributed by atoms with Gasteiger partial charge in [-0.05, 0) is 56.3 Å². The van der Waals surface area contributed by atoms with Crippen molar-refractivity contribution in [3.05, 3.63) is 58.7 Å². The van der Waals surface area contributed by atoms with Crippen molar-refractivity contribution in [2.24, 2.45) is 0 Å². The van der Waals surface area contributed by atoms with E-state index in [9.17, 15) is 13.6 Å². The lowest BCUT2D eigenvalue weighted by Gasteiger charge is -2.25. The fourth-order valence-electron chi connectivity index (χ4n) is 3.23. The summed E-state index contributed by atoms with van der Waals surface area (Å²) in [4.78, 5) is 21.4. The Labute approximate surface area is 173 Å². The van der Waals surface area contributed by atoms with E-state index in [4.69, 9.17) is 0 Å². The first-order chi connectivity index (χ1) is 13.9. The van der Waals surface area contributed by atoms with Crippen molar-refractivity contribution >= 4 is 32.6 Å². The molecule has 0 atom stereocenters. The van der Waals surface area contributed by atoms with Crippen molar-refractivity contribution in [1.29, 1.82) is 0 Å². The monoisotopic (exact) mass is 417 g/mol. The SMILES string of the molecule is CCN(CC)CCN(C(=O)c1c(F)cccc1F)c1nc2c(C)c(C)ccc2s1. The summed E-state index contributed by atoms with van der Waals surface area (Å²) in [6.07, 6.45) is 0. The molecule has 1 heterocycles. The molecule has 4 nitrogen and oxygen atoms in total. The highest BCUT2D eigenvalue weighted by molar-refractivity contribution is 7.22. The van der Waals surface area contributed by atoms with Gasteiger partial charge in [-0.25, -0.2) is 13.8 Å². The normalized spacial score (nSPS) is 11.4. The molecule has 0 aliphatic carbocycles. The van der Waals surface area contributed by atoms with Gasteiger partial charge >= 0.3 is 0 Å². The minimum absolute atomic E-state index is 0.298. The van der Waals surface area contributed by atoms with Crippen molar-refractivity contribution in [2.45, 2.75) is 27.7 Å². The molecule has 3 rings (SSSR count). The molecule has 1 amide bonds. The van der Waals surface area contributed by atoms with Gasteiger partial charge in [0, 0.05) is 13.1 Å². The summed E-state index contributed by atoms with van der Waals surface area (Å²) in [6, 6.07) is 7.44. The third-order valence-electron chi connectivity index (χ3n) is 5.26. The van der Waals surface area contributed by atoms with Crippen LogP contribution in [0.5, 0.6) is 0 Å². The van der Waals surface area contributed by atoms with E-state index >= 15 is 0 Å². The number of fused-ring (bicyclic) bond motifs is 1. The first-order valence-electron chi connectivity index (χ1n) is 9.72. The van der Waals surface area contributed by atoms with Crippen LogP contribution in [-0.2, 0) is 0 Å². The van der Waals surface area contributed by atoms with Crippen molar-refractivity contribution in [3.8, 4) is 0 Å². The Morgan fingerprint density at radius 1 is 1.03 bits per heavy atom. The molecule has 0 fully saturated rings. The number of nitrogens with zero attached hydrogens (tertiary/aromatic N) is 3. The molecule has 3 aromatic rings. The number of aryl methyl sites for hydroxylation is 2. The maximum absolute atomic E-state index is 14.3. The highest BCUT2D eigenvalue weighted by Gasteiger charge is 2.27. The minimum Gasteiger partial charge on any atom is -0.302 e. The number of thiazole rings is 1. The highest BCUT2D eigenvalue weighted by atomic mass is 32.1. The van der Waals surface area contributed by atoms with Crippen LogP contribution < -0.4 is 4.90 Å². The average molecular weight is 418 g/mol. The fourth-order valence-corrected chi connectivity index (χ4v) is 4.28. The molecule has 0 saturated heterocycles. The van der Waals surface area contributed by atoms with E-state index in [0.717, 1.165) is 46.6 Å². The largest absolute Gasteiger partial charge is 0.302 e. The smallest absolute Gasteiger partial charge is 0.266 e. The first-order valence-corrected chi connectivity index (χ1v) is 10.5. The number of aromatic nitrogens is 1. The number of hydrogen-bond donors (Lipinski definition) is 0. The molecular weight excluding hydrogens is 392 g/mol. The third kappa shape index (κ3) is 4.31.